The van der Waals surface area contributed by atoms with Gasteiger partial charge in [-0.05, 0) is 42.0 Å². The number of alkyl halides is 3. The van der Waals surface area contributed by atoms with E-state index in [9.17, 15) is 23.1 Å². The Balaban J connectivity index is 1.71. The number of nitrogens with one attached hydrogen (secondary N) is 1. The normalized spacial score (nSPS) is 11.6. The van der Waals surface area contributed by atoms with E-state index in [2.05, 4.69) is 15.3 Å². The molecule has 4 rings (SSSR count). The van der Waals surface area contributed by atoms with E-state index >= 15 is 0 Å². The van der Waals surface area contributed by atoms with Crippen LogP contribution in [0.2, 0.25) is 0 Å². The van der Waals surface area contributed by atoms with Gasteiger partial charge in [-0.2, -0.15) is 13.2 Å². The summed E-state index contributed by atoms with van der Waals surface area (Å²) in [5, 5.41) is 12.5. The third-order valence-corrected chi connectivity index (χ3v) is 5.02. The molecule has 4 N–H and O–H groups in total. The molecule has 1 amide bonds. The van der Waals surface area contributed by atoms with Crippen molar-refractivity contribution in [3.05, 3.63) is 71.2 Å². The Kier molecular flexibility index (Phi) is 6.12. The lowest BCUT2D eigenvalue weighted by Gasteiger charge is -2.11. The van der Waals surface area contributed by atoms with Crippen LogP contribution in [0.1, 0.15) is 27.5 Å². The molecule has 0 fully saturated rings. The van der Waals surface area contributed by atoms with Crippen molar-refractivity contribution >= 4 is 16.8 Å². The number of methoxy groups -OCH3 is 1. The summed E-state index contributed by atoms with van der Waals surface area (Å²) in [4.78, 5) is 20.7. The quantitative estimate of drug-likeness (QED) is 0.387. The van der Waals surface area contributed by atoms with Crippen molar-refractivity contribution in [2.45, 2.75) is 19.3 Å². The van der Waals surface area contributed by atoms with E-state index in [1.807, 2.05) is 0 Å². The number of nitrogens with zero attached hydrogens (tertiary/aromatic N) is 2. The number of carbonyl (C=O) groups is 1. The minimum absolute atomic E-state index is 0.00262. The largest absolute Gasteiger partial charge is 0.508 e. The number of phenols is 1. The van der Waals surface area contributed by atoms with E-state index in [4.69, 9.17) is 14.9 Å². The Hall–Kier alpha value is -4.12. The van der Waals surface area contributed by atoms with Gasteiger partial charge in [0.15, 0.2) is 11.5 Å². The Morgan fingerprint density at radius 3 is 2.65 bits per heavy atom. The van der Waals surface area contributed by atoms with Crippen LogP contribution >= 0.6 is 0 Å². The number of aromatic nitrogens is 2. The van der Waals surface area contributed by atoms with Gasteiger partial charge in [0, 0.05) is 17.5 Å². The van der Waals surface area contributed by atoms with Gasteiger partial charge < -0.3 is 25.3 Å². The predicted molar refractivity (Wildman–Crippen MR) is 116 cm³/mol. The number of hydrogen-bond acceptors (Lipinski definition) is 7. The highest BCUT2D eigenvalue weighted by Crippen LogP contribution is 2.36. The first-order chi connectivity index (χ1) is 16.2. The molecule has 0 aliphatic heterocycles. The number of benzene rings is 2. The van der Waals surface area contributed by atoms with E-state index in [1.54, 1.807) is 18.2 Å². The molecule has 4 aromatic rings. The Morgan fingerprint density at radius 1 is 1.18 bits per heavy atom. The zero-order valence-electron chi connectivity index (χ0n) is 17.8. The summed E-state index contributed by atoms with van der Waals surface area (Å²) < 4.78 is 50.4. The summed E-state index contributed by atoms with van der Waals surface area (Å²) in [5.74, 6) is -0.259. The number of hydrogen-bond donors (Lipinski definition) is 3. The third kappa shape index (κ3) is 4.50. The van der Waals surface area contributed by atoms with E-state index < -0.39 is 17.8 Å². The fraction of sp³-hybridized carbons (Fsp3) is 0.174. The number of ether oxygens (including phenoxy) is 1. The lowest BCUT2D eigenvalue weighted by atomic mass is 10.1. The molecule has 0 saturated carbocycles. The lowest BCUT2D eigenvalue weighted by Crippen LogP contribution is -2.24. The second kappa shape index (κ2) is 9.02. The Bertz CT molecular complexity index is 1370. The SMILES string of the molecule is COc1ccc(-c2nc(C(=O)NCc3cccc(O)c3)c(CN)o2)c2ccc(C(F)(F)F)nc12. The number of pyridine rings is 1. The first-order valence-corrected chi connectivity index (χ1v) is 10.0. The Labute approximate surface area is 191 Å². The standard InChI is InChI=1S/C23H19F3N4O4/c1-33-16-7-5-15(14-6-8-18(23(24,25)26)29-19(14)16)22-30-20(17(10-27)34-22)21(32)28-11-12-3-2-4-13(31)9-12/h2-9,31H,10-11,27H2,1H3,(H,28,32). The number of fused-ring (bicyclic) bond motifs is 1. The third-order valence-electron chi connectivity index (χ3n) is 5.02. The monoisotopic (exact) mass is 472 g/mol. The van der Waals surface area contributed by atoms with Crippen LogP contribution in [0.3, 0.4) is 0 Å². The van der Waals surface area contributed by atoms with Crippen LogP contribution in [0.25, 0.3) is 22.4 Å². The van der Waals surface area contributed by atoms with Gasteiger partial charge in [-0.25, -0.2) is 9.97 Å². The molecule has 2 aromatic carbocycles. The maximum absolute atomic E-state index is 13.2. The van der Waals surface area contributed by atoms with Crippen LogP contribution < -0.4 is 15.8 Å². The van der Waals surface area contributed by atoms with Gasteiger partial charge in [0.05, 0.1) is 13.7 Å². The van der Waals surface area contributed by atoms with Crippen LogP contribution in [0.5, 0.6) is 11.5 Å². The zero-order valence-corrected chi connectivity index (χ0v) is 17.8. The number of aromatic hydroxyl groups is 1. The first-order valence-electron chi connectivity index (χ1n) is 10.0. The number of phenolic OH excluding ortho intramolecular Hbond substituents is 1. The van der Waals surface area contributed by atoms with Gasteiger partial charge in [0.1, 0.15) is 22.7 Å². The summed E-state index contributed by atoms with van der Waals surface area (Å²) in [5.41, 5.74) is 5.56. The second-order valence-electron chi connectivity index (χ2n) is 7.25. The number of nitrogens with two attached hydrogens (primary N) is 1. The number of amides is 1. The van der Waals surface area contributed by atoms with Crippen molar-refractivity contribution in [1.29, 1.82) is 0 Å². The molecule has 8 nitrogen and oxygen atoms in total. The summed E-state index contributed by atoms with van der Waals surface area (Å²) in [6, 6.07) is 11.5. The molecule has 0 spiro atoms. The van der Waals surface area contributed by atoms with Crippen molar-refractivity contribution < 1.29 is 32.2 Å². The molecule has 11 heteroatoms. The molecule has 0 aliphatic rings. The van der Waals surface area contributed by atoms with Crippen LogP contribution in [0, 0.1) is 0 Å². The van der Waals surface area contributed by atoms with Gasteiger partial charge in [-0.1, -0.05) is 12.1 Å². The van der Waals surface area contributed by atoms with Crippen molar-refractivity contribution in [3.63, 3.8) is 0 Å². The lowest BCUT2D eigenvalue weighted by molar-refractivity contribution is -0.140. The highest BCUT2D eigenvalue weighted by molar-refractivity contribution is 5.98. The molecule has 2 heterocycles. The van der Waals surface area contributed by atoms with E-state index in [0.29, 0.717) is 16.5 Å². The van der Waals surface area contributed by atoms with Crippen LogP contribution in [-0.4, -0.2) is 28.1 Å². The van der Waals surface area contributed by atoms with Gasteiger partial charge >= 0.3 is 6.18 Å². The molecule has 0 radical (unpaired) electrons. The predicted octanol–water partition coefficient (Wildman–Crippen LogP) is 4.01. The van der Waals surface area contributed by atoms with E-state index in [-0.39, 0.29) is 47.5 Å². The van der Waals surface area contributed by atoms with Gasteiger partial charge in [-0.3, -0.25) is 4.79 Å². The van der Waals surface area contributed by atoms with Crippen molar-refractivity contribution in [3.8, 4) is 23.0 Å². The average molecular weight is 472 g/mol. The topological polar surface area (TPSA) is 124 Å². The van der Waals surface area contributed by atoms with Gasteiger partial charge in [0.2, 0.25) is 5.89 Å². The summed E-state index contributed by atoms with van der Waals surface area (Å²) in [6.45, 7) is -0.0124. The minimum atomic E-state index is -4.63. The Morgan fingerprint density at radius 2 is 1.97 bits per heavy atom. The molecular formula is C23H19F3N4O4. The fourth-order valence-electron chi connectivity index (χ4n) is 3.42. The van der Waals surface area contributed by atoms with E-state index in [1.165, 1.54) is 31.4 Å². The number of oxazole rings is 1. The van der Waals surface area contributed by atoms with Crippen LogP contribution in [-0.2, 0) is 19.3 Å². The number of carbonyl (C=O) groups excluding carboxylic acids is 1. The second-order valence-corrected chi connectivity index (χ2v) is 7.25. The average Bonchev–Trinajstić information content (AvgIpc) is 3.25. The number of rotatable bonds is 6. The highest BCUT2D eigenvalue weighted by Gasteiger charge is 2.33. The molecule has 0 bridgehead atoms. The smallest absolute Gasteiger partial charge is 0.433 e. The van der Waals surface area contributed by atoms with E-state index in [0.717, 1.165) is 6.07 Å². The molecule has 34 heavy (non-hydrogen) atoms. The number of halogens is 3. The van der Waals surface area contributed by atoms with Gasteiger partial charge in [0.25, 0.3) is 5.91 Å². The van der Waals surface area contributed by atoms with Crippen LogP contribution in [0.4, 0.5) is 13.2 Å². The highest BCUT2D eigenvalue weighted by atomic mass is 19.4. The molecule has 0 saturated heterocycles. The molecule has 176 valence electrons. The molecular weight excluding hydrogens is 453 g/mol. The summed E-state index contributed by atoms with van der Waals surface area (Å²) in [6.07, 6.45) is -4.63. The molecule has 0 atom stereocenters. The van der Waals surface area contributed by atoms with Crippen molar-refractivity contribution in [2.75, 3.05) is 7.11 Å². The molecule has 0 aliphatic carbocycles. The molecule has 2 aromatic heterocycles. The van der Waals surface area contributed by atoms with Crippen molar-refractivity contribution in [1.82, 2.24) is 15.3 Å². The maximum atomic E-state index is 13.2. The minimum Gasteiger partial charge on any atom is -0.508 e. The van der Waals surface area contributed by atoms with Gasteiger partial charge in [-0.15, -0.1) is 0 Å². The van der Waals surface area contributed by atoms with Crippen LogP contribution in [0.15, 0.2) is 52.9 Å². The zero-order chi connectivity index (χ0) is 24.5. The summed E-state index contributed by atoms with van der Waals surface area (Å²) in [7, 11) is 1.32. The fourth-order valence-corrected chi connectivity index (χ4v) is 3.42. The molecule has 0 unspecified atom stereocenters. The van der Waals surface area contributed by atoms with Crippen molar-refractivity contribution in [2.24, 2.45) is 5.73 Å². The summed E-state index contributed by atoms with van der Waals surface area (Å²) >= 11 is 0. The first kappa shape index (κ1) is 23.1. The maximum Gasteiger partial charge on any atom is 0.433 e.